The van der Waals surface area contributed by atoms with E-state index in [1.807, 2.05) is 13.8 Å². The predicted octanol–water partition coefficient (Wildman–Crippen LogP) is 8.00. The Labute approximate surface area is 563 Å². The van der Waals surface area contributed by atoms with Crippen LogP contribution in [0, 0.1) is 5.92 Å². The summed E-state index contributed by atoms with van der Waals surface area (Å²) in [6, 6.07) is 9.69. The fraction of sp³-hybridized carbons (Fsp3) is 0.500. The molecule has 5 aliphatic rings. The molecule has 520 valence electrons. The summed E-state index contributed by atoms with van der Waals surface area (Å²) in [5.41, 5.74) is 7.89. The van der Waals surface area contributed by atoms with Crippen molar-refractivity contribution in [1.29, 1.82) is 0 Å². The number of rotatable bonds is 30. The molecule has 1 aromatic heterocycles. The van der Waals surface area contributed by atoms with E-state index in [2.05, 4.69) is 28.8 Å². The summed E-state index contributed by atoms with van der Waals surface area (Å²) in [7, 11) is 2.85. The lowest BCUT2D eigenvalue weighted by Gasteiger charge is -2.33. The minimum Gasteiger partial charge on any atom is -0.493 e. The maximum absolute atomic E-state index is 14.4. The van der Waals surface area contributed by atoms with Crippen LogP contribution in [0.3, 0.4) is 0 Å². The summed E-state index contributed by atoms with van der Waals surface area (Å²) in [6.07, 6.45) is 4.49. The van der Waals surface area contributed by atoms with Gasteiger partial charge in [-0.3, -0.25) is 33.7 Å². The number of fused-ring (bicyclic) bond motifs is 4. The number of aliphatic hydroxyl groups is 2. The van der Waals surface area contributed by atoms with Crippen LogP contribution in [-0.4, -0.2) is 177 Å². The van der Waals surface area contributed by atoms with Gasteiger partial charge in [0.2, 0.25) is 0 Å². The largest absolute Gasteiger partial charge is 0.493 e. The normalized spacial score (nSPS) is 18.9. The van der Waals surface area contributed by atoms with Crippen molar-refractivity contribution in [3.8, 4) is 23.0 Å². The first-order valence-corrected chi connectivity index (χ1v) is 32.9. The van der Waals surface area contributed by atoms with Crippen LogP contribution >= 0.6 is 0 Å². The number of nitrogens with one attached hydrogen (secondary N) is 1. The molecular formula is C70H88N10O17. The monoisotopic (exact) mass is 1340 g/mol. The first kappa shape index (κ1) is 71.7. The lowest BCUT2D eigenvalue weighted by molar-refractivity contribution is -0.137. The molecule has 0 unspecified atom stereocenters. The molecule has 0 spiro atoms. The SMILES string of the molecule is C=C1C[C@H]2[C@H](O)N(C(=O)OCc3ccc(CC(=O)[C@H](CCCNC(N)=O)n4cc([C@@H](CC(=O)CCCCCN5C(=O)C=CC5=O)C(C)C)nn4)cc3)c3cc(OCCCCCOc4cc5c(cc4OC)C(=O)N4CC(=C)C[C@H]4[C@H](O)N5C(=O)OC(C)(C)C)c(OC)cc3C(=O)N2C1. The van der Waals surface area contributed by atoms with Gasteiger partial charge in [0.05, 0.1) is 67.7 Å². The summed E-state index contributed by atoms with van der Waals surface area (Å²) in [5, 5.41) is 35.2. The first-order valence-electron chi connectivity index (χ1n) is 32.9. The van der Waals surface area contributed by atoms with Gasteiger partial charge >= 0.3 is 18.2 Å². The molecule has 6 atom stereocenters. The Bertz CT molecular complexity index is 3670. The highest BCUT2D eigenvalue weighted by Gasteiger charge is 2.49. The number of hydrogen-bond donors (Lipinski definition) is 4. The van der Waals surface area contributed by atoms with Gasteiger partial charge in [-0.2, -0.15) is 0 Å². The molecule has 4 aromatic rings. The molecule has 5 aliphatic heterocycles. The van der Waals surface area contributed by atoms with Crippen LogP contribution < -0.4 is 39.8 Å². The highest BCUT2D eigenvalue weighted by atomic mass is 16.6. The number of aliphatic hydroxyl groups excluding tert-OH is 2. The van der Waals surface area contributed by atoms with E-state index in [9.17, 15) is 53.4 Å². The number of nitrogens with zero attached hydrogens (tertiary/aromatic N) is 8. The van der Waals surface area contributed by atoms with Crippen molar-refractivity contribution in [2.24, 2.45) is 11.7 Å². The molecule has 5 N–H and O–H groups in total. The van der Waals surface area contributed by atoms with Gasteiger partial charge in [-0.25, -0.2) is 28.9 Å². The number of benzene rings is 3. The fourth-order valence-corrected chi connectivity index (χ4v) is 12.7. The number of Topliss-reactive ketones (excluding diaryl/α,β-unsaturated/α-hetero) is 2. The van der Waals surface area contributed by atoms with E-state index < -0.39 is 66.2 Å². The Morgan fingerprint density at radius 1 is 0.711 bits per heavy atom. The van der Waals surface area contributed by atoms with Crippen LogP contribution in [0.4, 0.5) is 25.8 Å². The molecule has 6 heterocycles. The number of carbonyl (C=O) groups excluding carboxylic acids is 9. The summed E-state index contributed by atoms with van der Waals surface area (Å²) < 4.78 is 37.0. The number of imide groups is 1. The Morgan fingerprint density at radius 3 is 1.77 bits per heavy atom. The molecule has 0 aliphatic carbocycles. The molecule has 0 saturated carbocycles. The zero-order chi connectivity index (χ0) is 70.0. The third-order valence-electron chi connectivity index (χ3n) is 17.8. The van der Waals surface area contributed by atoms with Gasteiger partial charge in [-0.05, 0) is 108 Å². The zero-order valence-corrected chi connectivity index (χ0v) is 56.1. The molecular weight excluding hydrogens is 1250 g/mol. The number of amides is 8. The van der Waals surface area contributed by atoms with Crippen molar-refractivity contribution in [3.63, 3.8) is 0 Å². The number of ether oxygens (including phenoxy) is 6. The van der Waals surface area contributed by atoms with Crippen LogP contribution in [0.5, 0.6) is 23.0 Å². The number of unbranched alkanes of at least 4 members (excludes halogenated alkanes) is 4. The number of anilines is 2. The van der Waals surface area contributed by atoms with Crippen LogP contribution in [-0.2, 0) is 41.7 Å². The Balaban J connectivity index is 0.823. The molecule has 2 fully saturated rings. The fourth-order valence-electron chi connectivity index (χ4n) is 12.7. The van der Waals surface area contributed by atoms with Crippen LogP contribution in [0.1, 0.15) is 161 Å². The third kappa shape index (κ3) is 17.1. The number of methoxy groups -OCH3 is 2. The topological polar surface area (TPSA) is 334 Å². The number of nitrogens with two attached hydrogens (primary N) is 1. The van der Waals surface area contributed by atoms with Gasteiger partial charge in [-0.15, -0.1) is 5.10 Å². The summed E-state index contributed by atoms with van der Waals surface area (Å²) >= 11 is 0. The predicted molar refractivity (Wildman–Crippen MR) is 354 cm³/mol. The van der Waals surface area contributed by atoms with Gasteiger partial charge in [-0.1, -0.05) is 74.1 Å². The van der Waals surface area contributed by atoms with Gasteiger partial charge < -0.3 is 59.5 Å². The summed E-state index contributed by atoms with van der Waals surface area (Å²) in [6.45, 7) is 18.1. The quantitative estimate of drug-likeness (QED) is 0.0218. The Kier molecular flexibility index (Phi) is 23.3. The van der Waals surface area contributed by atoms with E-state index in [1.165, 1.54) is 70.0 Å². The van der Waals surface area contributed by atoms with E-state index in [1.54, 1.807) is 51.2 Å². The molecule has 97 heavy (non-hydrogen) atoms. The highest BCUT2D eigenvalue weighted by Crippen LogP contribution is 2.44. The van der Waals surface area contributed by atoms with E-state index >= 15 is 0 Å². The number of carbonyl (C=O) groups is 9. The number of hydrogen-bond acceptors (Lipinski definition) is 19. The third-order valence-corrected chi connectivity index (χ3v) is 17.8. The van der Waals surface area contributed by atoms with E-state index in [0.29, 0.717) is 86.7 Å². The van der Waals surface area contributed by atoms with Crippen molar-refractivity contribution < 1.29 is 81.8 Å². The number of urea groups is 1. The Morgan fingerprint density at radius 2 is 1.25 bits per heavy atom. The average molecular weight is 1340 g/mol. The van der Waals surface area contributed by atoms with Crippen LogP contribution in [0.2, 0.25) is 0 Å². The molecule has 27 nitrogen and oxygen atoms in total. The summed E-state index contributed by atoms with van der Waals surface area (Å²) in [4.78, 5) is 126. The van der Waals surface area contributed by atoms with Crippen molar-refractivity contribution in [3.05, 3.63) is 119 Å². The van der Waals surface area contributed by atoms with Gasteiger partial charge in [0, 0.05) is 81.8 Å². The number of ketones is 2. The van der Waals surface area contributed by atoms with Crippen molar-refractivity contribution in [1.82, 2.24) is 35.0 Å². The van der Waals surface area contributed by atoms with E-state index in [4.69, 9.17) is 34.2 Å². The molecule has 8 amide bonds. The number of aromatic nitrogens is 3. The Hall–Kier alpha value is -9.63. The summed E-state index contributed by atoms with van der Waals surface area (Å²) in [5.74, 6) is -1.15. The highest BCUT2D eigenvalue weighted by molar-refractivity contribution is 6.13. The molecule has 27 heteroatoms. The smallest absolute Gasteiger partial charge is 0.417 e. The maximum atomic E-state index is 14.4. The molecule has 2 saturated heterocycles. The number of primary amides is 1. The molecule has 3 aromatic carbocycles. The maximum Gasteiger partial charge on any atom is 0.417 e. The van der Waals surface area contributed by atoms with E-state index in [0.717, 1.165) is 15.4 Å². The zero-order valence-electron chi connectivity index (χ0n) is 56.1. The van der Waals surface area contributed by atoms with Crippen molar-refractivity contribution in [2.45, 2.75) is 167 Å². The molecule has 0 radical (unpaired) electrons. The lowest BCUT2D eigenvalue weighted by atomic mass is 9.87. The first-order chi connectivity index (χ1) is 46.2. The van der Waals surface area contributed by atoms with Crippen molar-refractivity contribution in [2.75, 3.05) is 63.4 Å². The van der Waals surface area contributed by atoms with Gasteiger partial charge in [0.25, 0.3) is 23.6 Å². The minimum atomic E-state index is -1.57. The second kappa shape index (κ2) is 31.5. The second-order valence-corrected chi connectivity index (χ2v) is 26.4. The lowest BCUT2D eigenvalue weighted by Crippen LogP contribution is -2.51. The second-order valence-electron chi connectivity index (χ2n) is 26.4. The van der Waals surface area contributed by atoms with Crippen LogP contribution in [0.15, 0.2) is 91.2 Å². The van der Waals surface area contributed by atoms with Crippen LogP contribution in [0.25, 0.3) is 0 Å². The van der Waals surface area contributed by atoms with Gasteiger partial charge in [0.15, 0.2) is 41.2 Å². The van der Waals surface area contributed by atoms with E-state index in [-0.39, 0.29) is 146 Å². The molecule has 9 rings (SSSR count). The van der Waals surface area contributed by atoms with Crippen molar-refractivity contribution >= 4 is 64.8 Å². The standard InChI is InChI=1S/C70H88N10O17/c1-41(2)47(32-46(81)17-12-10-13-26-75-61(83)23-24-62(75)84)50-39-78(74-73-50)51(18-16-25-72-67(71)89)56(82)31-44-19-21-45(22-20-44)40-96-68(90)79-52-35-59(57(92-8)33-48(52)63(85)76-37-42(3)29-54(76)65(79)87)94-27-14-11-15-28-95-60-36-53-49(34-58(60)93-9)64(86)77-38-43(4)30-55(77)66(88)80(53)69(91)97-70(5,6)7/h19-24,33-36,39,41,47,51,54-55,65-66,87-88H,3-4,10-18,25-32,37-38,40H2,1-2,5-9H3,(H3,71,72,89)/t47-,51-,54-,55-,65-,66-/m0/s1. The average Bonchev–Trinajstić information content (AvgIpc) is 1.63. The molecule has 0 bridgehead atoms. The minimum absolute atomic E-state index is 0.000293. The van der Waals surface area contributed by atoms with Gasteiger partial charge in [0.1, 0.15) is 24.0 Å².